The van der Waals surface area contributed by atoms with Gasteiger partial charge in [0.1, 0.15) is 11.3 Å². The largest absolute Gasteiger partial charge is 0.505 e. The number of ketones is 1. The molecule has 0 spiro atoms. The molecule has 4 heterocycles. The zero-order valence-corrected chi connectivity index (χ0v) is 23.2. The van der Waals surface area contributed by atoms with Gasteiger partial charge in [-0.1, -0.05) is 6.07 Å². The summed E-state index contributed by atoms with van der Waals surface area (Å²) in [6.45, 7) is 5.82. The average Bonchev–Trinajstić information content (AvgIpc) is 3.44. The van der Waals surface area contributed by atoms with Gasteiger partial charge >= 0.3 is 0 Å². The highest BCUT2D eigenvalue weighted by atomic mass is 16.5. The summed E-state index contributed by atoms with van der Waals surface area (Å²) in [5.41, 5.74) is 2.04. The van der Waals surface area contributed by atoms with Crippen molar-refractivity contribution in [3.63, 3.8) is 0 Å². The molecule has 3 aromatic rings. The highest BCUT2D eigenvalue weighted by molar-refractivity contribution is 6.46. The number of rotatable bonds is 9. The number of nitrogens with zero attached hydrogens (tertiary/aromatic N) is 4. The van der Waals surface area contributed by atoms with Crippen molar-refractivity contribution >= 4 is 23.1 Å². The maximum atomic E-state index is 13.6. The van der Waals surface area contributed by atoms with Gasteiger partial charge in [0.05, 0.1) is 51.9 Å². The lowest BCUT2D eigenvalue weighted by molar-refractivity contribution is -0.140. The molecule has 40 heavy (non-hydrogen) atoms. The summed E-state index contributed by atoms with van der Waals surface area (Å²) >= 11 is 0. The predicted molar refractivity (Wildman–Crippen MR) is 147 cm³/mol. The van der Waals surface area contributed by atoms with Crippen LogP contribution in [0, 0.1) is 6.92 Å². The van der Waals surface area contributed by atoms with Gasteiger partial charge in [-0.25, -0.2) is 4.98 Å². The van der Waals surface area contributed by atoms with Crippen molar-refractivity contribution in [3.05, 3.63) is 59.1 Å². The Labute approximate surface area is 232 Å². The minimum atomic E-state index is -0.882. The standard InChI is InChI=1S/C29H34N4O7/c1-18-24(32-10-6-5-8-22(32)30-18)26(34)23-25(19-16-20(37-2)28(39-4)21(17-19)38-3)33(29(36)27(23)35)11-7-9-31-12-14-40-15-13-31/h5-6,8,10,16-17,25,34H,7,9,11-15H2,1-4H3/b26-23+. The number of pyridine rings is 1. The van der Waals surface area contributed by atoms with Crippen molar-refractivity contribution in [2.45, 2.75) is 19.4 Å². The number of methoxy groups -OCH3 is 3. The van der Waals surface area contributed by atoms with Crippen LogP contribution >= 0.6 is 0 Å². The molecule has 5 rings (SSSR count). The van der Waals surface area contributed by atoms with E-state index in [-0.39, 0.29) is 11.3 Å². The van der Waals surface area contributed by atoms with Gasteiger partial charge in [0.25, 0.3) is 11.7 Å². The zero-order chi connectivity index (χ0) is 28.4. The molecule has 2 fully saturated rings. The number of likely N-dealkylation sites (tertiary alicyclic amines) is 1. The number of hydrogen-bond donors (Lipinski definition) is 1. The molecule has 2 aromatic heterocycles. The second-order valence-electron chi connectivity index (χ2n) is 9.73. The third kappa shape index (κ3) is 4.86. The van der Waals surface area contributed by atoms with Crippen molar-refractivity contribution in [2.75, 3.05) is 60.7 Å². The number of fused-ring (bicyclic) bond motifs is 1. The molecule has 11 heteroatoms. The van der Waals surface area contributed by atoms with Crippen LogP contribution < -0.4 is 14.2 Å². The van der Waals surface area contributed by atoms with Gasteiger partial charge in [0.2, 0.25) is 5.75 Å². The molecular weight excluding hydrogens is 516 g/mol. The zero-order valence-electron chi connectivity index (χ0n) is 23.2. The molecule has 0 aliphatic carbocycles. The Morgan fingerprint density at radius 3 is 2.40 bits per heavy atom. The molecule has 2 saturated heterocycles. The first-order valence-electron chi connectivity index (χ1n) is 13.2. The molecule has 2 aliphatic heterocycles. The van der Waals surface area contributed by atoms with Crippen LogP contribution in [0.15, 0.2) is 42.1 Å². The summed E-state index contributed by atoms with van der Waals surface area (Å²) in [4.78, 5) is 35.5. The second-order valence-corrected chi connectivity index (χ2v) is 9.73. The third-order valence-corrected chi connectivity index (χ3v) is 7.45. The molecule has 0 radical (unpaired) electrons. The van der Waals surface area contributed by atoms with E-state index in [2.05, 4.69) is 9.88 Å². The summed E-state index contributed by atoms with van der Waals surface area (Å²) < 4.78 is 23.8. The van der Waals surface area contributed by atoms with Crippen LogP contribution in [0.1, 0.15) is 29.4 Å². The van der Waals surface area contributed by atoms with Gasteiger partial charge in [-0.05, 0) is 43.2 Å². The normalized spacial score (nSPS) is 19.4. The lowest BCUT2D eigenvalue weighted by Gasteiger charge is -2.29. The summed E-state index contributed by atoms with van der Waals surface area (Å²) in [6, 6.07) is 8.00. The van der Waals surface area contributed by atoms with Crippen LogP contribution in [0.5, 0.6) is 17.2 Å². The predicted octanol–water partition coefficient (Wildman–Crippen LogP) is 2.81. The fourth-order valence-corrected chi connectivity index (χ4v) is 5.53. The minimum Gasteiger partial charge on any atom is -0.505 e. The number of carbonyl (C=O) groups is 2. The molecular formula is C29H34N4O7. The Hall–Kier alpha value is -4.09. The van der Waals surface area contributed by atoms with Crippen molar-refractivity contribution in [3.8, 4) is 17.2 Å². The fourth-order valence-electron chi connectivity index (χ4n) is 5.53. The van der Waals surface area contributed by atoms with Crippen LogP contribution in [-0.2, 0) is 14.3 Å². The van der Waals surface area contributed by atoms with E-state index in [0.29, 0.717) is 66.0 Å². The summed E-state index contributed by atoms with van der Waals surface area (Å²) in [5.74, 6) is -0.579. The number of carbonyl (C=O) groups excluding carboxylic acids is 2. The molecule has 0 bridgehead atoms. The van der Waals surface area contributed by atoms with Crippen molar-refractivity contribution in [1.82, 2.24) is 19.2 Å². The third-order valence-electron chi connectivity index (χ3n) is 7.45. The SMILES string of the molecule is COc1cc(C2/C(=C(\O)c3c(C)nc4ccccn34)C(=O)C(=O)N2CCCN2CCOCC2)cc(OC)c1OC. The van der Waals surface area contributed by atoms with Crippen molar-refractivity contribution in [2.24, 2.45) is 0 Å². The quantitative estimate of drug-likeness (QED) is 0.244. The number of hydrogen-bond acceptors (Lipinski definition) is 9. The number of Topliss-reactive ketones (excluding diaryl/α,β-unsaturated/α-hetero) is 1. The monoisotopic (exact) mass is 550 g/mol. The molecule has 0 saturated carbocycles. The van der Waals surface area contributed by atoms with Gasteiger partial charge in [-0.3, -0.25) is 18.9 Å². The van der Waals surface area contributed by atoms with Crippen molar-refractivity contribution in [1.29, 1.82) is 0 Å². The number of imidazole rings is 1. The Morgan fingerprint density at radius 1 is 1.05 bits per heavy atom. The van der Waals surface area contributed by atoms with E-state index in [4.69, 9.17) is 18.9 Å². The maximum absolute atomic E-state index is 13.6. The van der Waals surface area contributed by atoms with E-state index < -0.39 is 17.7 Å². The number of amides is 1. The van der Waals surface area contributed by atoms with Gasteiger partial charge in [-0.2, -0.15) is 0 Å². The van der Waals surface area contributed by atoms with E-state index in [1.807, 2.05) is 18.2 Å². The van der Waals surface area contributed by atoms with Crippen molar-refractivity contribution < 1.29 is 33.6 Å². The first-order valence-corrected chi connectivity index (χ1v) is 13.2. The lowest BCUT2D eigenvalue weighted by atomic mass is 9.95. The van der Waals surface area contributed by atoms with Gasteiger partial charge < -0.3 is 29.0 Å². The highest BCUT2D eigenvalue weighted by Crippen LogP contribution is 2.46. The van der Waals surface area contributed by atoms with E-state index in [1.165, 1.54) is 26.2 Å². The summed E-state index contributed by atoms with van der Waals surface area (Å²) in [5, 5.41) is 11.7. The fraction of sp³-hybridized carbons (Fsp3) is 0.414. The Bertz CT molecular complexity index is 1430. The van der Waals surface area contributed by atoms with Crippen LogP contribution in [0.3, 0.4) is 0 Å². The smallest absolute Gasteiger partial charge is 0.295 e. The Morgan fingerprint density at radius 2 is 1.75 bits per heavy atom. The average molecular weight is 551 g/mol. The van der Waals surface area contributed by atoms with Crippen LogP contribution in [0.4, 0.5) is 0 Å². The van der Waals surface area contributed by atoms with Crippen LogP contribution in [0.25, 0.3) is 11.4 Å². The number of aliphatic hydroxyl groups is 1. The van der Waals surface area contributed by atoms with Gasteiger partial charge in [-0.15, -0.1) is 0 Å². The van der Waals surface area contributed by atoms with Gasteiger partial charge in [0, 0.05) is 32.4 Å². The molecule has 1 amide bonds. The number of morpholine rings is 1. The maximum Gasteiger partial charge on any atom is 0.295 e. The second kappa shape index (κ2) is 11.6. The first kappa shape index (κ1) is 27.5. The summed E-state index contributed by atoms with van der Waals surface area (Å²) in [6.07, 6.45) is 2.40. The molecule has 1 N–H and O–H groups in total. The lowest BCUT2D eigenvalue weighted by Crippen LogP contribution is -2.39. The molecule has 1 atom stereocenters. The highest BCUT2D eigenvalue weighted by Gasteiger charge is 2.47. The van der Waals surface area contributed by atoms with E-state index >= 15 is 0 Å². The minimum absolute atomic E-state index is 0.0144. The Balaban J connectivity index is 1.63. The molecule has 2 aliphatic rings. The van der Waals surface area contributed by atoms with E-state index in [0.717, 1.165) is 19.6 Å². The number of aryl methyl sites for hydroxylation is 1. The van der Waals surface area contributed by atoms with Crippen LogP contribution in [0.2, 0.25) is 0 Å². The number of aromatic nitrogens is 2. The number of benzene rings is 1. The topological polar surface area (TPSA) is 115 Å². The van der Waals surface area contributed by atoms with E-state index in [9.17, 15) is 14.7 Å². The number of ether oxygens (including phenoxy) is 4. The van der Waals surface area contributed by atoms with E-state index in [1.54, 1.807) is 29.7 Å². The van der Waals surface area contributed by atoms with Gasteiger partial charge in [0.15, 0.2) is 17.3 Å². The molecule has 11 nitrogen and oxygen atoms in total. The summed E-state index contributed by atoms with van der Waals surface area (Å²) in [7, 11) is 4.51. The molecule has 212 valence electrons. The Kier molecular flexibility index (Phi) is 7.95. The molecule has 1 unspecified atom stereocenters. The molecule has 1 aromatic carbocycles. The van der Waals surface area contributed by atoms with Crippen LogP contribution in [-0.4, -0.2) is 96.7 Å². The first-order chi connectivity index (χ1) is 19.4. The number of aliphatic hydroxyl groups excluding tert-OH is 1.